The van der Waals surface area contributed by atoms with Gasteiger partial charge in [0.05, 0.1) is 0 Å². The summed E-state index contributed by atoms with van der Waals surface area (Å²) in [4.78, 5) is 0. The molecule has 0 nitrogen and oxygen atoms in total. The van der Waals surface area contributed by atoms with Gasteiger partial charge in [0.15, 0.2) is 0 Å². The molecule has 0 bridgehead atoms. The van der Waals surface area contributed by atoms with Crippen molar-refractivity contribution in [2.24, 2.45) is 0 Å². The van der Waals surface area contributed by atoms with E-state index in [0.29, 0.717) is 8.27 Å². The summed E-state index contributed by atoms with van der Waals surface area (Å²) in [5.41, 5.74) is 0. The standard InChI is InChI=1S/C44H94P2/c1-3-5-7-9-11-13-15-17-19-21-23-25-27-29-31-33-35-37-39-41-43-45-46-44-42-40-38-36-34-32-30-28-26-24-22-20-18-16-14-12-10-8-6-4-2/h45H,3-44H2,1-2,46H3. The summed E-state index contributed by atoms with van der Waals surface area (Å²) in [6, 6.07) is 0. The van der Waals surface area contributed by atoms with Crippen LogP contribution in [0.25, 0.3) is 0 Å². The zero-order valence-electron chi connectivity index (χ0n) is 32.9. The first kappa shape index (κ1) is 46.9. The minimum atomic E-state index is 0.300. The van der Waals surface area contributed by atoms with E-state index in [9.17, 15) is 0 Å². The smallest absolute Gasteiger partial charge is 0.0654 e. The molecule has 0 N–H and O–H groups in total. The van der Waals surface area contributed by atoms with E-state index in [4.69, 9.17) is 0 Å². The molecule has 280 valence electrons. The molecule has 2 heteroatoms. The second kappa shape index (κ2) is 45.9. The second-order valence-corrected chi connectivity index (χ2v) is 20.7. The zero-order chi connectivity index (χ0) is 33.1. The Kier molecular flexibility index (Phi) is 46.7. The van der Waals surface area contributed by atoms with Gasteiger partial charge < -0.3 is 0 Å². The van der Waals surface area contributed by atoms with Crippen LogP contribution < -0.4 is 0 Å². The predicted molar refractivity (Wildman–Crippen MR) is 225 cm³/mol. The van der Waals surface area contributed by atoms with Crippen molar-refractivity contribution in [2.75, 3.05) is 12.3 Å². The SMILES string of the molecule is CCCCCCCCCCCCCCCCCCCCCCP[PH3]CCCCCCCCCCCCCCCCCCCCCC. The Balaban J connectivity index is 3.03. The first-order chi connectivity index (χ1) is 22.9. The molecule has 0 aromatic heterocycles. The van der Waals surface area contributed by atoms with Crippen molar-refractivity contribution < 1.29 is 0 Å². The van der Waals surface area contributed by atoms with Gasteiger partial charge in [-0.05, 0) is 0 Å². The maximum absolute atomic E-state index is 2.31. The summed E-state index contributed by atoms with van der Waals surface area (Å²) >= 11 is 0. The third-order valence-electron chi connectivity index (χ3n) is 10.7. The van der Waals surface area contributed by atoms with Gasteiger partial charge in [-0.15, -0.1) is 0 Å². The molecule has 0 spiro atoms. The van der Waals surface area contributed by atoms with E-state index in [2.05, 4.69) is 13.8 Å². The molecule has 0 aliphatic heterocycles. The third-order valence-corrected chi connectivity index (χ3v) is 15.8. The average Bonchev–Trinajstić information content (AvgIpc) is 3.07. The first-order valence-electron chi connectivity index (χ1n) is 22.6. The van der Waals surface area contributed by atoms with Crippen LogP contribution in [0.3, 0.4) is 0 Å². The van der Waals surface area contributed by atoms with Crippen molar-refractivity contribution in [2.45, 2.75) is 271 Å². The van der Waals surface area contributed by atoms with Gasteiger partial charge >= 0.3 is 164 Å². The molecule has 0 aliphatic rings. The molecular weight excluding hydrogens is 590 g/mol. The Labute approximate surface area is 298 Å². The first-order valence-corrected chi connectivity index (χ1v) is 27.2. The topological polar surface area (TPSA) is 0 Å². The summed E-state index contributed by atoms with van der Waals surface area (Å²) in [6.07, 6.45) is 63.0. The normalized spacial score (nSPS) is 12.0. The molecule has 1 unspecified atom stereocenters. The van der Waals surface area contributed by atoms with Gasteiger partial charge in [-0.25, -0.2) is 0 Å². The maximum atomic E-state index is 2.31. The molecule has 46 heavy (non-hydrogen) atoms. The Hall–Kier alpha value is 0.860. The van der Waals surface area contributed by atoms with Crippen molar-refractivity contribution in [3.63, 3.8) is 0 Å². The average molecular weight is 685 g/mol. The molecule has 0 aromatic carbocycles. The van der Waals surface area contributed by atoms with Crippen LogP contribution in [-0.4, -0.2) is 12.3 Å². The van der Waals surface area contributed by atoms with Crippen molar-refractivity contribution in [3.8, 4) is 0 Å². The van der Waals surface area contributed by atoms with Gasteiger partial charge in [0, 0.05) is 0 Å². The number of rotatable bonds is 43. The summed E-state index contributed by atoms with van der Waals surface area (Å²) < 4.78 is 0. The molecule has 0 amide bonds. The van der Waals surface area contributed by atoms with E-state index in [1.807, 2.05) is 0 Å². The molecule has 0 fully saturated rings. The van der Waals surface area contributed by atoms with Crippen LogP contribution in [0, 0.1) is 0 Å². The fraction of sp³-hybridized carbons (Fsp3) is 1.00. The van der Waals surface area contributed by atoms with Crippen LogP contribution in [0.1, 0.15) is 271 Å². The minimum absolute atomic E-state index is 0.300. The van der Waals surface area contributed by atoms with Crippen molar-refractivity contribution in [1.29, 1.82) is 0 Å². The monoisotopic (exact) mass is 685 g/mol. The van der Waals surface area contributed by atoms with Crippen molar-refractivity contribution in [3.05, 3.63) is 0 Å². The Morgan fingerprint density at radius 3 is 0.674 bits per heavy atom. The van der Waals surface area contributed by atoms with Gasteiger partial charge in [-0.1, -0.05) is 136 Å². The molecule has 0 heterocycles. The quantitative estimate of drug-likeness (QED) is 0.0443. The van der Waals surface area contributed by atoms with Crippen LogP contribution in [0.5, 0.6) is 0 Å². The predicted octanol–water partition coefficient (Wildman–Crippen LogP) is 17.4. The van der Waals surface area contributed by atoms with Crippen LogP contribution in [-0.2, 0) is 0 Å². The summed E-state index contributed by atoms with van der Waals surface area (Å²) in [5.74, 6) is 0. The van der Waals surface area contributed by atoms with E-state index in [1.165, 1.54) is 252 Å². The minimum Gasteiger partial charge on any atom is -0.0654 e. The fourth-order valence-corrected chi connectivity index (χ4v) is 11.9. The van der Waals surface area contributed by atoms with Gasteiger partial charge in [0.25, 0.3) is 0 Å². The fourth-order valence-electron chi connectivity index (χ4n) is 7.31. The van der Waals surface area contributed by atoms with Crippen LogP contribution in [0.2, 0.25) is 0 Å². The van der Waals surface area contributed by atoms with Gasteiger partial charge in [-0.2, -0.15) is 0 Å². The van der Waals surface area contributed by atoms with E-state index >= 15 is 0 Å². The van der Waals surface area contributed by atoms with E-state index in [1.54, 1.807) is 25.2 Å². The molecule has 0 aliphatic carbocycles. The molecule has 1 atom stereocenters. The van der Waals surface area contributed by atoms with Gasteiger partial charge in [-0.3, -0.25) is 0 Å². The molecule has 0 saturated carbocycles. The van der Waals surface area contributed by atoms with Crippen LogP contribution in [0.4, 0.5) is 0 Å². The van der Waals surface area contributed by atoms with E-state index < -0.39 is 0 Å². The molecular formula is C44H94P2. The van der Waals surface area contributed by atoms with Gasteiger partial charge in [0.2, 0.25) is 0 Å². The number of hydrogen-bond donors (Lipinski definition) is 0. The van der Waals surface area contributed by atoms with Gasteiger partial charge in [0.1, 0.15) is 0 Å². The summed E-state index contributed by atoms with van der Waals surface area (Å²) in [6.45, 7) is 4.63. The summed E-state index contributed by atoms with van der Waals surface area (Å²) in [5, 5.41) is 0. The zero-order valence-corrected chi connectivity index (χ0v) is 35.3. The van der Waals surface area contributed by atoms with Crippen LogP contribution in [0.15, 0.2) is 0 Å². The molecule has 0 rings (SSSR count). The van der Waals surface area contributed by atoms with Crippen LogP contribution >= 0.6 is 16.5 Å². The molecule has 0 aromatic rings. The van der Waals surface area contributed by atoms with Crippen molar-refractivity contribution in [1.82, 2.24) is 0 Å². The second-order valence-electron chi connectivity index (χ2n) is 15.5. The summed E-state index contributed by atoms with van der Waals surface area (Å²) in [7, 11) is 1.69. The number of unbranched alkanes of at least 4 members (excludes halogenated alkanes) is 38. The van der Waals surface area contributed by atoms with Crippen molar-refractivity contribution >= 4 is 16.5 Å². The Bertz CT molecular complexity index is 448. The van der Waals surface area contributed by atoms with E-state index in [-0.39, 0.29) is 0 Å². The molecule has 0 radical (unpaired) electrons. The number of hydrogen-bond acceptors (Lipinski definition) is 0. The van der Waals surface area contributed by atoms with E-state index in [0.717, 1.165) is 0 Å². The Morgan fingerprint density at radius 1 is 0.239 bits per heavy atom. The Morgan fingerprint density at radius 2 is 0.435 bits per heavy atom. The molecule has 0 saturated heterocycles. The third kappa shape index (κ3) is 44.9.